The summed E-state index contributed by atoms with van der Waals surface area (Å²) in [7, 11) is 0. The molecule has 0 aromatic carbocycles. The molecule has 0 atom stereocenters. The molecule has 0 fully saturated rings. The summed E-state index contributed by atoms with van der Waals surface area (Å²) in [6.45, 7) is 0. The smallest absolute Gasteiger partial charge is 0.467 e. The maximum Gasteiger partial charge on any atom is 3.00 e. The van der Waals surface area contributed by atoms with Gasteiger partial charge in [0.1, 0.15) is 0 Å². The predicted molar refractivity (Wildman–Crippen MR) is 184 cm³/mol. The summed E-state index contributed by atoms with van der Waals surface area (Å²) < 4.78 is 61.7. The van der Waals surface area contributed by atoms with E-state index in [0.717, 1.165) is 0 Å². The van der Waals surface area contributed by atoms with Gasteiger partial charge in [0.05, 0.1) is 0 Å². The van der Waals surface area contributed by atoms with Gasteiger partial charge in [0.2, 0.25) is 0 Å². The molecule has 0 aliphatic heterocycles. The van der Waals surface area contributed by atoms with Gasteiger partial charge in [-0.15, -0.1) is 0 Å². The molecule has 0 saturated carbocycles. The first-order chi connectivity index (χ1) is 45.2. The van der Waals surface area contributed by atoms with Crippen LogP contribution in [0.15, 0.2) is 0 Å². The van der Waals surface area contributed by atoms with Crippen molar-refractivity contribution in [1.82, 2.24) is 0 Å². The van der Waals surface area contributed by atoms with Crippen molar-refractivity contribution < 1.29 is 462 Å². The van der Waals surface area contributed by atoms with Gasteiger partial charge in [-0.2, -0.15) is 0 Å². The van der Waals surface area contributed by atoms with Gasteiger partial charge in [-0.3, -0.25) is 0 Å². The van der Waals surface area contributed by atoms with Gasteiger partial charge in [-0.05, 0) is 0 Å². The summed E-state index contributed by atoms with van der Waals surface area (Å²) in [4.78, 5) is 285. The Morgan fingerprint density at radius 1 is 0.103 bits per heavy atom. The molecule has 0 aliphatic carbocycles. The van der Waals surface area contributed by atoms with Crippen LogP contribution in [0.1, 0.15) is 0 Å². The SMILES string of the molecule is O=C([O-])OC(=O)OC(=O)[O-].O=C([O-])OC(=O)OC(=O)[O-].O=C([O-])OC(=O)OC(=O)[O-].O=C([O-])OC(=O)OC(=O)[O-].O=C([O-])OC(=O)OC(=O)[O-].O=C([O-])OC(=O)OC(=O)[O-].O=C([O-])OC(=O)OC(=O)[O-].O=C([O-])OC(=O)OC(=O)[O-].O=C([O-])OC(=O)OC(=O)[O-].O=C([O-])OC(=O)OC(=O)[O-].[Co+2].[Cr+3].[Cr+3].[Cr+3].[Cr+3].[Cr+3].[Cr+3]. The van der Waals surface area contributed by atoms with Crippen molar-refractivity contribution in [1.29, 1.82) is 0 Å². The van der Waals surface area contributed by atoms with Crippen LogP contribution in [-0.4, -0.2) is 185 Å². The number of rotatable bonds is 0. The summed E-state index contributed by atoms with van der Waals surface area (Å²) in [5.74, 6) is 0. The molecule has 585 valence electrons. The third-order valence-electron chi connectivity index (χ3n) is 3.33. The number of hydrogen-bond donors (Lipinski definition) is 0. The fourth-order valence-electron chi connectivity index (χ4n) is 1.57. The molecular weight excluding hydrogens is 1850 g/mol. The molecule has 0 spiro atoms. The summed E-state index contributed by atoms with van der Waals surface area (Å²) in [5, 5.41) is 187. The van der Waals surface area contributed by atoms with Gasteiger partial charge in [-0.25, -0.2) is 47.9 Å². The third kappa shape index (κ3) is 171. The fraction of sp³-hybridized carbons (Fsp3) is 0. The van der Waals surface area contributed by atoms with Gasteiger partial charge in [0, 0.05) is 0 Å². The van der Waals surface area contributed by atoms with Crippen molar-refractivity contribution in [2.24, 2.45) is 0 Å². The van der Waals surface area contributed by atoms with Crippen LogP contribution >= 0.6 is 0 Å². The zero-order chi connectivity index (χ0) is 81.5. The third-order valence-corrected chi connectivity index (χ3v) is 3.33. The normalized spacial score (nSPS) is 7.48. The van der Waals surface area contributed by atoms with Crippen molar-refractivity contribution in [3.63, 3.8) is 0 Å². The summed E-state index contributed by atoms with van der Waals surface area (Å²) in [6, 6.07) is 0. The molecule has 0 aromatic rings. The molecule has 0 heterocycles. The van der Waals surface area contributed by atoms with Crippen molar-refractivity contribution in [3.05, 3.63) is 0 Å². The van der Waals surface area contributed by atoms with E-state index in [1.807, 2.05) is 0 Å². The van der Waals surface area contributed by atoms with Gasteiger partial charge in [0.15, 0.2) is 0 Å². The number of hydrogen-bond acceptors (Lipinski definition) is 70. The monoisotopic (exact) mass is 1850 g/mol. The van der Waals surface area contributed by atoms with Crippen molar-refractivity contribution in [3.8, 4) is 0 Å². The number of carboxylic acid groups (broad SMARTS) is 20. The Hall–Kier alpha value is -14.2. The molecule has 0 bridgehead atoms. The Balaban J connectivity index is -0.0000000557. The second-order valence-electron chi connectivity index (χ2n) is 9.54. The Morgan fingerprint density at radius 3 is 0.150 bits per heavy atom. The topological polar surface area (TPSA) is 1160 Å². The fourth-order valence-corrected chi connectivity index (χ4v) is 1.57. The van der Waals surface area contributed by atoms with E-state index in [9.17, 15) is 246 Å². The van der Waals surface area contributed by atoms with Crippen LogP contribution < -0.4 is 102 Å². The molecule has 0 aliphatic rings. The second-order valence-corrected chi connectivity index (χ2v) is 9.54. The first-order valence-electron chi connectivity index (χ1n) is 18.4. The Morgan fingerprint density at radius 2 is 0.131 bits per heavy atom. The minimum absolute atomic E-state index is 0. The number of carbonyl (C=O) groups excluding carboxylic acids is 30. The molecular formula is C30CoCr6O70. The van der Waals surface area contributed by atoms with Crippen molar-refractivity contribution >= 4 is 185 Å². The van der Waals surface area contributed by atoms with E-state index in [4.69, 9.17) is 0 Å². The molecule has 0 aromatic heterocycles. The molecule has 0 rings (SSSR count). The summed E-state index contributed by atoms with van der Waals surface area (Å²) in [6.07, 6.45) is -63.2. The van der Waals surface area contributed by atoms with Crippen molar-refractivity contribution in [2.75, 3.05) is 0 Å². The minimum Gasteiger partial charge on any atom is -0.467 e. The van der Waals surface area contributed by atoms with Crippen LogP contribution in [0.25, 0.3) is 0 Å². The maximum absolute atomic E-state index is 9.78. The van der Waals surface area contributed by atoms with Crippen LogP contribution in [-0.2, 0) is 216 Å². The van der Waals surface area contributed by atoms with E-state index < -0.39 is 185 Å². The molecule has 70 nitrogen and oxygen atoms in total. The molecule has 0 saturated heterocycles. The molecule has 0 N–H and O–H groups in total. The average molecular weight is 1850 g/mol. The van der Waals surface area contributed by atoms with Crippen LogP contribution in [0, 0.1) is 0 Å². The van der Waals surface area contributed by atoms with E-state index in [1.54, 1.807) is 0 Å². The van der Waals surface area contributed by atoms with Crippen LogP contribution in [0.3, 0.4) is 0 Å². The van der Waals surface area contributed by atoms with E-state index in [2.05, 4.69) is 94.7 Å². The molecule has 77 heteroatoms. The van der Waals surface area contributed by atoms with E-state index in [1.165, 1.54) is 0 Å². The van der Waals surface area contributed by atoms with Crippen LogP contribution in [0.4, 0.5) is 144 Å². The maximum atomic E-state index is 9.78. The minimum atomic E-state index is -2.20. The molecule has 0 unspecified atom stereocenters. The first kappa shape index (κ1) is 136. The molecule has 0 amide bonds. The van der Waals surface area contributed by atoms with Gasteiger partial charge in [0.25, 0.3) is 123 Å². The standard InChI is InChI=1S/10C3H2O7.Co.6Cr/c10*4-1(5)9-3(8)10-2(6)7;;;;;;;/h10*(H,4,5)(H,6,7);;;;;;;/q;;;;;;;;;;+2;6*+3/p-20. The second kappa shape index (κ2) is 82.5. The first-order valence-corrected chi connectivity index (χ1v) is 18.4. The Kier molecular flexibility index (Phi) is 105. The van der Waals surface area contributed by atoms with Gasteiger partial charge in [-0.1, -0.05) is 0 Å². The largest absolute Gasteiger partial charge is 3.00 e. The van der Waals surface area contributed by atoms with Crippen molar-refractivity contribution in [2.45, 2.75) is 0 Å². The van der Waals surface area contributed by atoms with Gasteiger partial charge >= 0.3 is 182 Å². The predicted octanol–water partition coefficient (Wildman–Crippen LogP) is -21.8. The Labute approximate surface area is 643 Å². The summed E-state index contributed by atoms with van der Waals surface area (Å²) >= 11 is 0. The van der Waals surface area contributed by atoms with E-state index in [0.29, 0.717) is 0 Å². The zero-order valence-corrected chi connectivity index (χ0v) is 55.1. The number of ether oxygens (including phenoxy) is 20. The average Bonchev–Trinajstić information content (AvgIpc) is 1.15. The van der Waals surface area contributed by atoms with E-state index in [-0.39, 0.29) is 121 Å². The van der Waals surface area contributed by atoms with E-state index >= 15 is 0 Å². The molecule has 107 heavy (non-hydrogen) atoms. The quantitative estimate of drug-likeness (QED) is 0.123. The van der Waals surface area contributed by atoms with Gasteiger partial charge < -0.3 is 293 Å². The van der Waals surface area contributed by atoms with Crippen LogP contribution in [0.5, 0.6) is 0 Å². The zero-order valence-electron chi connectivity index (χ0n) is 46.4. The Bertz CT molecular complexity index is 2220. The summed E-state index contributed by atoms with van der Waals surface area (Å²) in [5.41, 5.74) is 0. The molecule has 7 radical (unpaired) electrons. The van der Waals surface area contributed by atoms with Crippen LogP contribution in [0.2, 0.25) is 0 Å². The number of carbonyl (C=O) groups is 30.